The molecule has 1 N–H and O–H groups in total. The molecule has 0 spiro atoms. The van der Waals surface area contributed by atoms with Crippen molar-refractivity contribution in [1.82, 2.24) is 5.32 Å². The molecule has 0 amide bonds. The Balaban J connectivity index is 1.80. The zero-order valence-electron chi connectivity index (χ0n) is 12.5. The second kappa shape index (κ2) is 5.97. The third-order valence-electron chi connectivity index (χ3n) is 4.47. The van der Waals surface area contributed by atoms with E-state index in [0.29, 0.717) is 11.5 Å². The zero-order valence-corrected chi connectivity index (χ0v) is 13.3. The molecule has 3 rings (SSSR count). The van der Waals surface area contributed by atoms with Crippen LogP contribution in [-0.4, -0.2) is 33.1 Å². The fourth-order valence-corrected chi connectivity index (χ4v) is 5.35. The summed E-state index contributed by atoms with van der Waals surface area (Å²) in [5.74, 6) is 1.96. The highest BCUT2D eigenvalue weighted by molar-refractivity contribution is 7.91. The van der Waals surface area contributed by atoms with Crippen LogP contribution >= 0.6 is 0 Å². The van der Waals surface area contributed by atoms with Crippen molar-refractivity contribution in [1.29, 1.82) is 0 Å². The Hall–Kier alpha value is -1.07. The first-order valence-corrected chi connectivity index (χ1v) is 9.59. The van der Waals surface area contributed by atoms with Crippen molar-refractivity contribution >= 4 is 9.84 Å². The molecule has 2 aliphatic rings. The Bertz CT molecular complexity index is 612. The molecule has 2 aliphatic heterocycles. The van der Waals surface area contributed by atoms with Gasteiger partial charge >= 0.3 is 0 Å². The van der Waals surface area contributed by atoms with Crippen molar-refractivity contribution in [2.75, 3.05) is 24.7 Å². The van der Waals surface area contributed by atoms with Crippen molar-refractivity contribution < 1.29 is 13.2 Å². The first-order chi connectivity index (χ1) is 10.1. The van der Waals surface area contributed by atoms with Gasteiger partial charge in [-0.2, -0.15) is 0 Å². The minimum Gasteiger partial charge on any atom is -0.493 e. The van der Waals surface area contributed by atoms with E-state index in [1.54, 1.807) is 0 Å². The Morgan fingerprint density at radius 3 is 3.00 bits per heavy atom. The molecule has 5 heteroatoms. The molecule has 0 bridgehead atoms. The highest BCUT2D eigenvalue weighted by Crippen LogP contribution is 2.37. The van der Waals surface area contributed by atoms with Gasteiger partial charge in [-0.25, -0.2) is 8.42 Å². The van der Waals surface area contributed by atoms with Crippen LogP contribution in [0.5, 0.6) is 5.75 Å². The summed E-state index contributed by atoms with van der Waals surface area (Å²) in [5, 5.41) is 3.51. The summed E-state index contributed by atoms with van der Waals surface area (Å²) in [6.07, 6.45) is 2.63. The second-order valence-corrected chi connectivity index (χ2v) is 8.28. The van der Waals surface area contributed by atoms with Crippen molar-refractivity contribution in [3.63, 3.8) is 0 Å². The maximum atomic E-state index is 11.7. The van der Waals surface area contributed by atoms with Gasteiger partial charge in [-0.3, -0.25) is 0 Å². The van der Waals surface area contributed by atoms with Crippen LogP contribution in [-0.2, 0) is 16.3 Å². The summed E-state index contributed by atoms with van der Waals surface area (Å²) >= 11 is 0. The number of nitrogens with one attached hydrogen (secondary N) is 1. The smallest absolute Gasteiger partial charge is 0.150 e. The van der Waals surface area contributed by atoms with E-state index in [2.05, 4.69) is 30.4 Å². The molecule has 21 heavy (non-hydrogen) atoms. The average molecular weight is 309 g/mol. The van der Waals surface area contributed by atoms with Crippen LogP contribution in [0.15, 0.2) is 18.2 Å². The average Bonchev–Trinajstić information content (AvgIpc) is 3.04. The summed E-state index contributed by atoms with van der Waals surface area (Å²) in [6, 6.07) is 6.50. The lowest BCUT2D eigenvalue weighted by Crippen LogP contribution is -2.24. The Morgan fingerprint density at radius 1 is 1.43 bits per heavy atom. The number of benzene rings is 1. The third-order valence-corrected chi connectivity index (χ3v) is 6.30. The molecule has 116 valence electrons. The van der Waals surface area contributed by atoms with E-state index in [4.69, 9.17) is 4.74 Å². The van der Waals surface area contributed by atoms with Gasteiger partial charge in [0.1, 0.15) is 5.75 Å². The van der Waals surface area contributed by atoms with Crippen molar-refractivity contribution in [2.45, 2.75) is 32.2 Å². The molecule has 1 aromatic rings. The number of hydrogen-bond acceptors (Lipinski definition) is 4. The van der Waals surface area contributed by atoms with Crippen LogP contribution in [0.25, 0.3) is 0 Å². The van der Waals surface area contributed by atoms with Gasteiger partial charge in [-0.1, -0.05) is 25.1 Å². The lowest BCUT2D eigenvalue weighted by Gasteiger charge is -2.23. The predicted octanol–water partition coefficient (Wildman–Crippen LogP) is 2.10. The van der Waals surface area contributed by atoms with Crippen LogP contribution in [0.4, 0.5) is 0 Å². The van der Waals surface area contributed by atoms with E-state index >= 15 is 0 Å². The quantitative estimate of drug-likeness (QED) is 0.905. The van der Waals surface area contributed by atoms with Crippen molar-refractivity contribution in [2.24, 2.45) is 5.92 Å². The Kier molecular flexibility index (Phi) is 4.22. The number of hydrogen-bond donors (Lipinski definition) is 1. The maximum absolute atomic E-state index is 11.7. The van der Waals surface area contributed by atoms with E-state index in [-0.39, 0.29) is 12.0 Å². The van der Waals surface area contributed by atoms with E-state index in [1.165, 1.54) is 11.1 Å². The van der Waals surface area contributed by atoms with Crippen LogP contribution in [0, 0.1) is 5.92 Å². The second-order valence-electron chi connectivity index (χ2n) is 6.05. The highest BCUT2D eigenvalue weighted by Gasteiger charge is 2.31. The summed E-state index contributed by atoms with van der Waals surface area (Å²) in [6.45, 7) is 3.71. The molecule has 0 aliphatic carbocycles. The van der Waals surface area contributed by atoms with Gasteiger partial charge < -0.3 is 10.1 Å². The minimum atomic E-state index is -2.81. The van der Waals surface area contributed by atoms with Gasteiger partial charge in [0.15, 0.2) is 9.84 Å². The standard InChI is InChI=1S/C16H23NO3S/c1-2-17-15(10-12-7-9-21(18,19)11-12)14-5-3-4-13-6-8-20-16(13)14/h3-5,12,15,17H,2,6-11H2,1H3. The van der Waals surface area contributed by atoms with Gasteiger partial charge in [0.2, 0.25) is 0 Å². The molecule has 1 fully saturated rings. The van der Waals surface area contributed by atoms with Gasteiger partial charge in [-0.15, -0.1) is 0 Å². The third kappa shape index (κ3) is 3.24. The summed E-state index contributed by atoms with van der Waals surface area (Å²) < 4.78 is 29.1. The molecule has 0 radical (unpaired) electrons. The van der Waals surface area contributed by atoms with Gasteiger partial charge in [0, 0.05) is 18.0 Å². The zero-order chi connectivity index (χ0) is 14.9. The Labute approximate surface area is 126 Å². The van der Waals surface area contributed by atoms with Gasteiger partial charge in [0.25, 0.3) is 0 Å². The normalized spacial score (nSPS) is 24.5. The molecule has 2 unspecified atom stereocenters. The molecule has 2 atom stereocenters. The SMILES string of the molecule is CCNC(CC1CCS(=O)(=O)C1)c1cccc2c1OCC2. The molecular formula is C16H23NO3S. The summed E-state index contributed by atoms with van der Waals surface area (Å²) in [5.41, 5.74) is 2.46. The minimum absolute atomic E-state index is 0.182. The largest absolute Gasteiger partial charge is 0.493 e. The number of fused-ring (bicyclic) bond motifs is 1. The molecule has 1 aromatic carbocycles. The number of rotatable bonds is 5. The maximum Gasteiger partial charge on any atom is 0.150 e. The van der Waals surface area contributed by atoms with E-state index in [1.807, 2.05) is 0 Å². The van der Waals surface area contributed by atoms with Crippen molar-refractivity contribution in [3.05, 3.63) is 29.3 Å². The first-order valence-electron chi connectivity index (χ1n) is 7.77. The molecule has 0 aromatic heterocycles. The number of para-hydroxylation sites is 1. The van der Waals surface area contributed by atoms with E-state index < -0.39 is 9.84 Å². The highest BCUT2D eigenvalue weighted by atomic mass is 32.2. The van der Waals surface area contributed by atoms with E-state index in [0.717, 1.165) is 38.2 Å². The van der Waals surface area contributed by atoms with E-state index in [9.17, 15) is 8.42 Å². The van der Waals surface area contributed by atoms with Crippen LogP contribution in [0.3, 0.4) is 0 Å². The molecule has 2 heterocycles. The van der Waals surface area contributed by atoms with Gasteiger partial charge in [0.05, 0.1) is 18.1 Å². The van der Waals surface area contributed by atoms with Crippen molar-refractivity contribution in [3.8, 4) is 5.75 Å². The van der Waals surface area contributed by atoms with Crippen LogP contribution in [0.1, 0.15) is 36.9 Å². The fraction of sp³-hybridized carbons (Fsp3) is 0.625. The topological polar surface area (TPSA) is 55.4 Å². The lowest BCUT2D eigenvalue weighted by molar-refractivity contribution is 0.341. The summed E-state index contributed by atoms with van der Waals surface area (Å²) in [7, 11) is -2.81. The molecular weight excluding hydrogens is 286 g/mol. The first kappa shape index (κ1) is 14.9. The summed E-state index contributed by atoms with van der Waals surface area (Å²) in [4.78, 5) is 0. The molecule has 0 saturated carbocycles. The Morgan fingerprint density at radius 2 is 2.29 bits per heavy atom. The number of sulfone groups is 1. The monoisotopic (exact) mass is 309 g/mol. The molecule has 4 nitrogen and oxygen atoms in total. The lowest BCUT2D eigenvalue weighted by atomic mass is 9.92. The van der Waals surface area contributed by atoms with Crippen LogP contribution < -0.4 is 10.1 Å². The van der Waals surface area contributed by atoms with Gasteiger partial charge in [-0.05, 0) is 30.9 Å². The fourth-order valence-electron chi connectivity index (χ4n) is 3.47. The van der Waals surface area contributed by atoms with Crippen LogP contribution in [0.2, 0.25) is 0 Å². The predicted molar refractivity (Wildman–Crippen MR) is 83.4 cm³/mol. The molecule has 1 saturated heterocycles. The number of ether oxygens (including phenoxy) is 1.